The maximum atomic E-state index is 13.4. The van der Waals surface area contributed by atoms with Crippen LogP contribution >= 0.6 is 0 Å². The second-order valence-electron chi connectivity index (χ2n) is 6.33. The molecule has 0 saturated carbocycles. The first-order valence-corrected chi connectivity index (χ1v) is 8.54. The molecule has 0 aliphatic heterocycles. The Morgan fingerprint density at radius 2 is 1.86 bits per heavy atom. The first-order valence-electron chi connectivity index (χ1n) is 8.54. The van der Waals surface area contributed by atoms with Crippen molar-refractivity contribution in [3.63, 3.8) is 0 Å². The van der Waals surface area contributed by atoms with E-state index in [1.807, 2.05) is 30.3 Å². The highest BCUT2D eigenvalue weighted by Crippen LogP contribution is 2.19. The highest BCUT2D eigenvalue weighted by Gasteiger charge is 2.18. The fourth-order valence-corrected chi connectivity index (χ4v) is 2.98. The van der Waals surface area contributed by atoms with Gasteiger partial charge >= 0.3 is 0 Å². The lowest BCUT2D eigenvalue weighted by atomic mass is 10.2. The van der Waals surface area contributed by atoms with Crippen LogP contribution in [0.15, 0.2) is 59.4 Å². The van der Waals surface area contributed by atoms with E-state index in [4.69, 9.17) is 0 Å². The molecule has 2 heterocycles. The zero-order valence-electron chi connectivity index (χ0n) is 15.2. The number of nitrogens with one attached hydrogen (secondary N) is 1. The van der Waals surface area contributed by atoms with E-state index in [9.17, 15) is 14.0 Å². The highest BCUT2D eigenvalue weighted by molar-refractivity contribution is 6.02. The Bertz CT molecular complexity index is 1260. The Hall–Kier alpha value is -3.81. The topological polar surface area (TPSA) is 81.8 Å². The number of para-hydroxylation sites is 1. The number of aromatic nitrogens is 4. The Kier molecular flexibility index (Phi) is 4.23. The predicted molar refractivity (Wildman–Crippen MR) is 103 cm³/mol. The molecule has 0 bridgehead atoms. The van der Waals surface area contributed by atoms with E-state index in [0.29, 0.717) is 16.7 Å². The van der Waals surface area contributed by atoms with Crippen LogP contribution in [0.25, 0.3) is 16.7 Å². The van der Waals surface area contributed by atoms with Gasteiger partial charge in [-0.2, -0.15) is 5.10 Å². The third-order valence-electron chi connectivity index (χ3n) is 4.39. The molecule has 2 aromatic heterocycles. The second kappa shape index (κ2) is 6.73. The average molecular weight is 377 g/mol. The van der Waals surface area contributed by atoms with Crippen LogP contribution in [-0.4, -0.2) is 25.2 Å². The summed E-state index contributed by atoms with van der Waals surface area (Å²) < 4.78 is 16.5. The van der Waals surface area contributed by atoms with Crippen molar-refractivity contribution >= 4 is 22.9 Å². The third-order valence-corrected chi connectivity index (χ3v) is 4.39. The van der Waals surface area contributed by atoms with Gasteiger partial charge in [0.15, 0.2) is 5.69 Å². The van der Waals surface area contributed by atoms with E-state index < -0.39 is 17.2 Å². The van der Waals surface area contributed by atoms with Crippen molar-refractivity contribution in [2.45, 2.75) is 6.92 Å². The van der Waals surface area contributed by atoms with Gasteiger partial charge in [-0.05, 0) is 31.2 Å². The number of carbonyl (C=O) groups is 1. The fraction of sp³-hybridized carbons (Fsp3) is 0.100. The first kappa shape index (κ1) is 17.6. The van der Waals surface area contributed by atoms with E-state index in [0.717, 1.165) is 5.69 Å². The summed E-state index contributed by atoms with van der Waals surface area (Å²) in [5, 5.41) is 6.82. The number of hydrogen-bond donors (Lipinski definition) is 1. The smallest absolute Gasteiger partial charge is 0.282 e. The summed E-state index contributed by atoms with van der Waals surface area (Å²) in [5.74, 6) is -0.915. The number of carbonyl (C=O) groups excluding carboxylic acids is 1. The number of anilines is 1. The molecule has 2 aromatic carbocycles. The van der Waals surface area contributed by atoms with Crippen molar-refractivity contribution in [2.24, 2.45) is 7.05 Å². The number of aryl methyl sites for hydroxylation is 2. The molecule has 0 radical (unpaired) electrons. The number of amides is 1. The number of imidazole rings is 1. The largest absolute Gasteiger partial charge is 0.313 e. The van der Waals surface area contributed by atoms with Crippen LogP contribution in [0.4, 0.5) is 10.3 Å². The van der Waals surface area contributed by atoms with Crippen LogP contribution in [0.2, 0.25) is 0 Å². The van der Waals surface area contributed by atoms with Gasteiger partial charge in [0.1, 0.15) is 5.82 Å². The van der Waals surface area contributed by atoms with Gasteiger partial charge in [-0.3, -0.25) is 14.9 Å². The molecule has 0 spiro atoms. The minimum Gasteiger partial charge on any atom is -0.313 e. The monoisotopic (exact) mass is 377 g/mol. The highest BCUT2D eigenvalue weighted by atomic mass is 19.1. The molecule has 4 aromatic rings. The quantitative estimate of drug-likeness (QED) is 0.595. The Morgan fingerprint density at radius 3 is 2.61 bits per heavy atom. The number of hydrogen-bond acceptors (Lipinski definition) is 4. The molecule has 0 fully saturated rings. The van der Waals surface area contributed by atoms with Gasteiger partial charge in [-0.25, -0.2) is 14.1 Å². The van der Waals surface area contributed by atoms with E-state index in [-0.39, 0.29) is 11.6 Å². The number of nitrogens with zero attached hydrogens (tertiary/aromatic N) is 4. The van der Waals surface area contributed by atoms with E-state index in [1.54, 1.807) is 24.6 Å². The molecule has 0 unspecified atom stereocenters. The van der Waals surface area contributed by atoms with Gasteiger partial charge in [0.2, 0.25) is 11.4 Å². The summed E-state index contributed by atoms with van der Waals surface area (Å²) in [6.07, 6.45) is 0. The maximum Gasteiger partial charge on any atom is 0.282 e. The van der Waals surface area contributed by atoms with E-state index >= 15 is 0 Å². The van der Waals surface area contributed by atoms with Gasteiger partial charge in [0.05, 0.1) is 16.7 Å². The number of fused-ring (bicyclic) bond motifs is 1. The lowest BCUT2D eigenvalue weighted by Gasteiger charge is -2.11. The van der Waals surface area contributed by atoms with Crippen LogP contribution in [0, 0.1) is 12.7 Å². The van der Waals surface area contributed by atoms with Crippen molar-refractivity contribution in [2.75, 3.05) is 5.32 Å². The summed E-state index contributed by atoms with van der Waals surface area (Å²) in [6, 6.07) is 14.7. The number of rotatable bonds is 3. The van der Waals surface area contributed by atoms with Crippen molar-refractivity contribution in [3.8, 4) is 5.69 Å². The summed E-state index contributed by atoms with van der Waals surface area (Å²) in [5.41, 5.74) is 1.63. The molecule has 140 valence electrons. The summed E-state index contributed by atoms with van der Waals surface area (Å²) >= 11 is 0. The molecule has 28 heavy (non-hydrogen) atoms. The van der Waals surface area contributed by atoms with Crippen LogP contribution in [-0.2, 0) is 7.05 Å². The molecule has 1 N–H and O–H groups in total. The second-order valence-corrected chi connectivity index (χ2v) is 6.33. The van der Waals surface area contributed by atoms with E-state index in [2.05, 4.69) is 15.4 Å². The van der Waals surface area contributed by atoms with Gasteiger partial charge < -0.3 is 4.57 Å². The third kappa shape index (κ3) is 3.05. The molecule has 7 nitrogen and oxygen atoms in total. The minimum absolute atomic E-state index is 0.193. The molecule has 4 rings (SSSR count). The molecule has 0 aliphatic rings. The SMILES string of the molecule is Cc1cc(=O)c(C(=O)Nc2nc3cc(F)ccc3n2C)nn1-c1ccccc1. The molecule has 8 heteroatoms. The van der Waals surface area contributed by atoms with Crippen LogP contribution in [0.1, 0.15) is 16.2 Å². The standard InChI is InChI=1S/C20H16FN5O2/c1-12-10-17(27)18(24-26(12)14-6-4-3-5-7-14)19(28)23-20-22-15-11-13(21)8-9-16(15)25(20)2/h3-11H,1-2H3,(H,22,23,28). The molecular formula is C20H16FN5O2. The number of benzene rings is 2. The molecule has 0 saturated heterocycles. The summed E-state index contributed by atoms with van der Waals surface area (Å²) in [6.45, 7) is 1.74. The van der Waals surface area contributed by atoms with E-state index in [1.165, 1.54) is 22.9 Å². The normalized spacial score (nSPS) is 11.0. The maximum absolute atomic E-state index is 13.4. The minimum atomic E-state index is -0.687. The van der Waals surface area contributed by atoms with Crippen LogP contribution in [0.5, 0.6) is 0 Å². The molecular weight excluding hydrogens is 361 g/mol. The Balaban J connectivity index is 1.73. The van der Waals surface area contributed by atoms with Crippen molar-refractivity contribution in [3.05, 3.63) is 82.0 Å². The first-order chi connectivity index (χ1) is 13.4. The van der Waals surface area contributed by atoms with Crippen LogP contribution in [0.3, 0.4) is 0 Å². The zero-order valence-corrected chi connectivity index (χ0v) is 15.2. The molecule has 0 atom stereocenters. The predicted octanol–water partition coefficient (Wildman–Crippen LogP) is 2.82. The lowest BCUT2D eigenvalue weighted by Crippen LogP contribution is -2.27. The summed E-state index contributed by atoms with van der Waals surface area (Å²) in [7, 11) is 1.69. The lowest BCUT2D eigenvalue weighted by molar-refractivity contribution is 0.101. The van der Waals surface area contributed by atoms with Gasteiger partial charge in [0, 0.05) is 24.9 Å². The van der Waals surface area contributed by atoms with Crippen LogP contribution < -0.4 is 10.7 Å². The fourth-order valence-electron chi connectivity index (χ4n) is 2.98. The summed E-state index contributed by atoms with van der Waals surface area (Å²) in [4.78, 5) is 29.3. The Morgan fingerprint density at radius 1 is 1.11 bits per heavy atom. The van der Waals surface area contributed by atoms with Crippen molar-refractivity contribution in [1.29, 1.82) is 0 Å². The Labute approximate surface area is 159 Å². The van der Waals surface area contributed by atoms with Gasteiger partial charge in [-0.1, -0.05) is 18.2 Å². The van der Waals surface area contributed by atoms with Crippen molar-refractivity contribution < 1.29 is 9.18 Å². The van der Waals surface area contributed by atoms with Crippen molar-refractivity contribution in [1.82, 2.24) is 19.3 Å². The number of halogens is 1. The van der Waals surface area contributed by atoms with Gasteiger partial charge in [0.25, 0.3) is 5.91 Å². The van der Waals surface area contributed by atoms with Gasteiger partial charge in [-0.15, -0.1) is 0 Å². The average Bonchev–Trinajstić information content (AvgIpc) is 2.97. The zero-order chi connectivity index (χ0) is 19.8. The molecule has 0 aliphatic carbocycles. The molecule has 1 amide bonds.